The summed E-state index contributed by atoms with van der Waals surface area (Å²) in [5, 5.41) is 8.54. The first-order valence-electron chi connectivity index (χ1n) is 8.09. The third-order valence-electron chi connectivity index (χ3n) is 4.31. The molecule has 1 fully saturated rings. The Balaban J connectivity index is 1.57. The largest absolute Gasteiger partial charge is 0.353 e. The van der Waals surface area contributed by atoms with E-state index < -0.39 is 0 Å². The molecule has 0 saturated heterocycles. The lowest BCUT2D eigenvalue weighted by molar-refractivity contribution is -0.122. The van der Waals surface area contributed by atoms with Gasteiger partial charge in [0.2, 0.25) is 11.8 Å². The van der Waals surface area contributed by atoms with Crippen LogP contribution < -0.4 is 5.32 Å². The summed E-state index contributed by atoms with van der Waals surface area (Å²) in [6.07, 6.45) is 7.64. The van der Waals surface area contributed by atoms with Gasteiger partial charge in [-0.05, 0) is 31.0 Å². The SMILES string of the molecule is O=C(CCC(=O)n1ncc2ccc(Cl)cc21)NC1CCCCC1. The Bertz CT molecular complexity index is 720. The lowest BCUT2D eigenvalue weighted by Gasteiger charge is -2.22. The Morgan fingerprint density at radius 3 is 2.78 bits per heavy atom. The van der Waals surface area contributed by atoms with Gasteiger partial charge in [0, 0.05) is 29.3 Å². The van der Waals surface area contributed by atoms with Crippen LogP contribution in [0.5, 0.6) is 0 Å². The van der Waals surface area contributed by atoms with Crippen LogP contribution in [-0.4, -0.2) is 27.6 Å². The van der Waals surface area contributed by atoms with E-state index in [0.717, 1.165) is 18.2 Å². The van der Waals surface area contributed by atoms with Crippen LogP contribution in [0.15, 0.2) is 24.4 Å². The van der Waals surface area contributed by atoms with E-state index in [-0.39, 0.29) is 30.7 Å². The number of amides is 1. The molecular formula is C17H20ClN3O2. The Labute approximate surface area is 140 Å². The number of hydrogen-bond acceptors (Lipinski definition) is 3. The van der Waals surface area contributed by atoms with Gasteiger partial charge >= 0.3 is 0 Å². The lowest BCUT2D eigenvalue weighted by atomic mass is 9.95. The maximum atomic E-state index is 12.3. The van der Waals surface area contributed by atoms with Gasteiger partial charge < -0.3 is 5.32 Å². The number of hydrogen-bond donors (Lipinski definition) is 1. The lowest BCUT2D eigenvalue weighted by Crippen LogP contribution is -2.36. The minimum absolute atomic E-state index is 0.0558. The second-order valence-corrected chi connectivity index (χ2v) is 6.49. The van der Waals surface area contributed by atoms with Crippen molar-refractivity contribution in [2.24, 2.45) is 0 Å². The Morgan fingerprint density at radius 2 is 2.00 bits per heavy atom. The summed E-state index contributed by atoms with van der Waals surface area (Å²) in [6.45, 7) is 0. The number of nitrogens with zero attached hydrogens (tertiary/aromatic N) is 2. The van der Waals surface area contributed by atoms with Crippen LogP contribution in [0.1, 0.15) is 49.7 Å². The molecule has 23 heavy (non-hydrogen) atoms. The van der Waals surface area contributed by atoms with Gasteiger partial charge in [0.15, 0.2) is 0 Å². The Kier molecular flexibility index (Phi) is 4.96. The number of carbonyl (C=O) groups excluding carboxylic acids is 2. The van der Waals surface area contributed by atoms with E-state index >= 15 is 0 Å². The zero-order chi connectivity index (χ0) is 16.2. The molecule has 0 radical (unpaired) electrons. The molecule has 3 rings (SSSR count). The molecule has 1 amide bonds. The van der Waals surface area contributed by atoms with Gasteiger partial charge in [-0.25, -0.2) is 4.68 Å². The number of carbonyl (C=O) groups is 2. The highest BCUT2D eigenvalue weighted by molar-refractivity contribution is 6.31. The first-order valence-corrected chi connectivity index (χ1v) is 8.47. The van der Waals surface area contributed by atoms with Crippen molar-refractivity contribution < 1.29 is 9.59 Å². The van der Waals surface area contributed by atoms with Crippen molar-refractivity contribution >= 4 is 34.3 Å². The summed E-state index contributed by atoms with van der Waals surface area (Å²) in [4.78, 5) is 24.3. The molecule has 0 unspecified atom stereocenters. The molecule has 1 aliphatic carbocycles. The second-order valence-electron chi connectivity index (χ2n) is 6.06. The fourth-order valence-corrected chi connectivity index (χ4v) is 3.23. The molecule has 1 saturated carbocycles. The molecule has 1 aliphatic rings. The predicted molar refractivity (Wildman–Crippen MR) is 89.6 cm³/mol. The maximum Gasteiger partial charge on any atom is 0.247 e. The predicted octanol–water partition coefficient (Wildman–Crippen LogP) is 3.56. The zero-order valence-corrected chi connectivity index (χ0v) is 13.7. The van der Waals surface area contributed by atoms with Gasteiger partial charge in [-0.3, -0.25) is 9.59 Å². The van der Waals surface area contributed by atoms with Crippen LogP contribution in [0, 0.1) is 0 Å². The summed E-state index contributed by atoms with van der Waals surface area (Å²) in [5.41, 5.74) is 0.676. The molecule has 122 valence electrons. The average molecular weight is 334 g/mol. The smallest absolute Gasteiger partial charge is 0.247 e. The number of fused-ring (bicyclic) bond motifs is 1. The van der Waals surface area contributed by atoms with Crippen molar-refractivity contribution in [1.29, 1.82) is 0 Å². The van der Waals surface area contributed by atoms with Crippen molar-refractivity contribution in [3.05, 3.63) is 29.4 Å². The molecular weight excluding hydrogens is 314 g/mol. The molecule has 1 aromatic carbocycles. The van der Waals surface area contributed by atoms with E-state index in [2.05, 4.69) is 10.4 Å². The molecule has 1 heterocycles. The van der Waals surface area contributed by atoms with Gasteiger partial charge in [-0.2, -0.15) is 5.10 Å². The molecule has 0 aliphatic heterocycles. The van der Waals surface area contributed by atoms with E-state index in [0.29, 0.717) is 10.5 Å². The summed E-state index contributed by atoms with van der Waals surface area (Å²) in [6, 6.07) is 5.57. The van der Waals surface area contributed by atoms with Gasteiger partial charge in [-0.1, -0.05) is 30.9 Å². The fraction of sp³-hybridized carbons (Fsp3) is 0.471. The van der Waals surface area contributed by atoms with Crippen LogP contribution in [0.25, 0.3) is 10.9 Å². The van der Waals surface area contributed by atoms with Crippen LogP contribution >= 0.6 is 11.6 Å². The number of rotatable bonds is 4. The number of benzene rings is 1. The molecule has 2 aromatic rings. The highest BCUT2D eigenvalue weighted by Gasteiger charge is 2.17. The van der Waals surface area contributed by atoms with Gasteiger partial charge in [0.25, 0.3) is 0 Å². The van der Waals surface area contributed by atoms with Gasteiger partial charge in [0.1, 0.15) is 0 Å². The first-order chi connectivity index (χ1) is 11.1. The van der Waals surface area contributed by atoms with E-state index in [4.69, 9.17) is 11.6 Å². The molecule has 6 heteroatoms. The quantitative estimate of drug-likeness (QED) is 0.930. The monoisotopic (exact) mass is 333 g/mol. The van der Waals surface area contributed by atoms with Crippen LogP contribution in [0.2, 0.25) is 5.02 Å². The zero-order valence-electron chi connectivity index (χ0n) is 12.9. The van der Waals surface area contributed by atoms with Crippen molar-refractivity contribution in [3.8, 4) is 0 Å². The second kappa shape index (κ2) is 7.13. The van der Waals surface area contributed by atoms with E-state index in [1.54, 1.807) is 18.3 Å². The maximum absolute atomic E-state index is 12.3. The third-order valence-corrected chi connectivity index (χ3v) is 4.54. The highest BCUT2D eigenvalue weighted by atomic mass is 35.5. The minimum atomic E-state index is -0.193. The standard InChI is InChI=1S/C17H20ClN3O2/c18-13-7-6-12-11-19-21(15(12)10-13)17(23)9-8-16(22)20-14-4-2-1-3-5-14/h6-7,10-11,14H,1-5,8-9H2,(H,20,22). The van der Waals surface area contributed by atoms with Crippen LogP contribution in [0.3, 0.4) is 0 Å². The van der Waals surface area contributed by atoms with Crippen molar-refractivity contribution in [2.45, 2.75) is 51.0 Å². The van der Waals surface area contributed by atoms with Gasteiger partial charge in [-0.15, -0.1) is 0 Å². The summed E-state index contributed by atoms with van der Waals surface area (Å²) >= 11 is 5.97. The molecule has 5 nitrogen and oxygen atoms in total. The molecule has 1 aromatic heterocycles. The van der Waals surface area contributed by atoms with E-state index in [9.17, 15) is 9.59 Å². The van der Waals surface area contributed by atoms with Crippen molar-refractivity contribution in [2.75, 3.05) is 0 Å². The van der Waals surface area contributed by atoms with Crippen molar-refractivity contribution in [3.63, 3.8) is 0 Å². The molecule has 0 spiro atoms. The number of nitrogens with one attached hydrogen (secondary N) is 1. The molecule has 0 bridgehead atoms. The number of aromatic nitrogens is 2. The Hall–Kier alpha value is -1.88. The minimum Gasteiger partial charge on any atom is -0.353 e. The Morgan fingerprint density at radius 1 is 1.22 bits per heavy atom. The molecule has 1 N–H and O–H groups in total. The summed E-state index contributed by atoms with van der Waals surface area (Å²) in [7, 11) is 0. The summed E-state index contributed by atoms with van der Waals surface area (Å²) in [5.74, 6) is -0.249. The van der Waals surface area contributed by atoms with E-state index in [1.165, 1.54) is 23.9 Å². The van der Waals surface area contributed by atoms with Crippen LogP contribution in [0.4, 0.5) is 0 Å². The van der Waals surface area contributed by atoms with Gasteiger partial charge in [0.05, 0.1) is 11.7 Å². The van der Waals surface area contributed by atoms with Crippen LogP contribution in [-0.2, 0) is 4.79 Å². The van der Waals surface area contributed by atoms with Crippen molar-refractivity contribution in [1.82, 2.24) is 15.1 Å². The third kappa shape index (κ3) is 3.91. The fourth-order valence-electron chi connectivity index (χ4n) is 3.06. The molecule has 0 atom stereocenters. The topological polar surface area (TPSA) is 64.0 Å². The normalized spacial score (nSPS) is 15.7. The summed E-state index contributed by atoms with van der Waals surface area (Å²) < 4.78 is 1.33. The average Bonchev–Trinajstić information content (AvgIpc) is 2.96. The first kappa shape index (κ1) is 16.0. The van der Waals surface area contributed by atoms with E-state index in [1.807, 2.05) is 6.07 Å². The highest BCUT2D eigenvalue weighted by Crippen LogP contribution is 2.20. The number of halogens is 1.